The Morgan fingerprint density at radius 2 is 0.909 bits per heavy atom. The summed E-state index contributed by atoms with van der Waals surface area (Å²) in [6.45, 7) is 0. The van der Waals surface area contributed by atoms with Crippen LogP contribution in [-0.2, 0) is 0 Å². The fraction of sp³-hybridized carbons (Fsp3) is 0. The van der Waals surface area contributed by atoms with Gasteiger partial charge in [-0.2, -0.15) is 0 Å². The maximum Gasteiger partial charge on any atom is 0.164 e. The van der Waals surface area contributed by atoms with Gasteiger partial charge in [-0.25, -0.2) is 15.0 Å². The molecule has 0 saturated heterocycles. The van der Waals surface area contributed by atoms with Gasteiger partial charge in [0, 0.05) is 33.2 Å². The number of rotatable bonds is 7. The SMILES string of the molecule is [2H]c1c([2H])c([2H])c(-n2c3c([2H])cc(-c4ccccc4-c4nc(-c5ccc(-c6ccccc6)cc5)nc(-c5cccc(-c6ccccc6)c5)n4)c([2H])c3c3c([2H])c([2H])c([2H])c([2H])c32)c([2H])c1[2H]. The summed E-state index contributed by atoms with van der Waals surface area (Å²) in [5.74, 6) is 1.03. The van der Waals surface area contributed by atoms with Crippen molar-refractivity contribution in [3.8, 4) is 73.2 Å². The third-order valence-electron chi connectivity index (χ3n) is 9.50. The minimum Gasteiger partial charge on any atom is -0.309 e. The van der Waals surface area contributed by atoms with Gasteiger partial charge >= 0.3 is 0 Å². The molecule has 8 aromatic carbocycles. The highest BCUT2D eigenvalue weighted by atomic mass is 15.0. The highest BCUT2D eigenvalue weighted by Gasteiger charge is 2.18. The van der Waals surface area contributed by atoms with E-state index in [-0.39, 0.29) is 45.3 Å². The van der Waals surface area contributed by atoms with Gasteiger partial charge in [-0.1, -0.05) is 170 Å². The first-order valence-electron chi connectivity index (χ1n) is 23.1. The first-order valence-corrected chi connectivity index (χ1v) is 17.6. The molecule has 0 bridgehead atoms. The zero-order valence-corrected chi connectivity index (χ0v) is 29.1. The Hall–Kier alpha value is -7.43. The summed E-state index contributed by atoms with van der Waals surface area (Å²) in [5.41, 5.74) is 5.84. The minimum absolute atomic E-state index is 0.0608. The van der Waals surface area contributed by atoms with Gasteiger partial charge in [-0.3, -0.25) is 0 Å². The van der Waals surface area contributed by atoms with Gasteiger partial charge in [-0.15, -0.1) is 0 Å². The topological polar surface area (TPSA) is 43.6 Å². The zero-order valence-electron chi connectivity index (χ0n) is 40.1. The average molecular weight is 714 g/mol. The minimum atomic E-state index is -0.667. The molecule has 0 amide bonds. The van der Waals surface area contributed by atoms with Crippen molar-refractivity contribution in [3.05, 3.63) is 206 Å². The molecule has 258 valence electrons. The van der Waals surface area contributed by atoms with Gasteiger partial charge in [0.15, 0.2) is 17.5 Å². The molecular weight excluding hydrogens is 669 g/mol. The van der Waals surface area contributed by atoms with Crippen molar-refractivity contribution < 1.29 is 15.1 Å². The number of nitrogens with zero attached hydrogens (tertiary/aromatic N) is 4. The molecule has 0 saturated carbocycles. The first kappa shape index (κ1) is 22.6. The standard InChI is InChI=1S/C51H34N4/c1-4-15-35(16-5-1)37-27-29-38(30-28-37)49-52-50(41-20-14-19-39(33-41)36-17-6-2-7-18-36)54-51(53-49)45-25-11-10-23-43(45)40-31-32-48-46(34-40)44-24-12-13-26-47(44)55(48)42-21-8-3-9-22-42/h1-34H/i3D,8D,9D,12D,13D,21D,22D,24D,26D,32D,34D. The Kier molecular flexibility index (Phi) is 5.69. The second-order valence-corrected chi connectivity index (χ2v) is 12.8. The molecule has 2 aromatic heterocycles. The number of hydrogen-bond acceptors (Lipinski definition) is 3. The predicted molar refractivity (Wildman–Crippen MR) is 227 cm³/mol. The largest absolute Gasteiger partial charge is 0.309 e. The number of benzene rings is 8. The van der Waals surface area contributed by atoms with Crippen molar-refractivity contribution in [2.24, 2.45) is 0 Å². The van der Waals surface area contributed by atoms with Crippen molar-refractivity contribution in [2.45, 2.75) is 0 Å². The van der Waals surface area contributed by atoms with E-state index in [0.717, 1.165) is 37.9 Å². The van der Waals surface area contributed by atoms with E-state index in [9.17, 15) is 2.74 Å². The van der Waals surface area contributed by atoms with Gasteiger partial charge in [0.2, 0.25) is 0 Å². The Bertz CT molecular complexity index is 3570. The van der Waals surface area contributed by atoms with Crippen LogP contribution in [0.4, 0.5) is 0 Å². The molecular formula is C51H34N4. The molecule has 0 unspecified atom stereocenters. The van der Waals surface area contributed by atoms with E-state index in [0.29, 0.717) is 22.8 Å². The van der Waals surface area contributed by atoms with E-state index < -0.39 is 60.1 Å². The fourth-order valence-electron chi connectivity index (χ4n) is 6.87. The lowest BCUT2D eigenvalue weighted by molar-refractivity contribution is 1.07. The first-order chi connectivity index (χ1) is 31.8. The van der Waals surface area contributed by atoms with Gasteiger partial charge in [-0.05, 0) is 69.7 Å². The molecule has 0 spiro atoms. The maximum absolute atomic E-state index is 9.86. The number of aromatic nitrogens is 4. The normalized spacial score (nSPS) is 14.1. The molecule has 0 atom stereocenters. The summed E-state index contributed by atoms with van der Waals surface area (Å²) in [7, 11) is 0. The van der Waals surface area contributed by atoms with Crippen molar-refractivity contribution in [1.82, 2.24) is 19.5 Å². The lowest BCUT2D eigenvalue weighted by Crippen LogP contribution is -2.01. The Balaban J connectivity index is 1.23. The van der Waals surface area contributed by atoms with Crippen LogP contribution in [0.25, 0.3) is 95.0 Å². The molecule has 4 heteroatoms. The molecule has 0 fully saturated rings. The zero-order chi connectivity index (χ0) is 46.1. The molecule has 0 N–H and O–H groups in total. The molecule has 10 rings (SSSR count). The van der Waals surface area contributed by atoms with Crippen LogP contribution >= 0.6 is 0 Å². The van der Waals surface area contributed by atoms with Gasteiger partial charge in [0.05, 0.1) is 26.1 Å². The van der Waals surface area contributed by atoms with Crippen LogP contribution in [0.3, 0.4) is 0 Å². The predicted octanol–water partition coefficient (Wildman–Crippen LogP) is 13.0. The summed E-state index contributed by atoms with van der Waals surface area (Å²) in [6, 6.07) is 38.2. The second-order valence-electron chi connectivity index (χ2n) is 12.8. The van der Waals surface area contributed by atoms with E-state index in [1.807, 2.05) is 109 Å². The molecule has 0 radical (unpaired) electrons. The van der Waals surface area contributed by atoms with Crippen molar-refractivity contribution in [1.29, 1.82) is 0 Å². The third kappa shape index (κ3) is 6.06. The quantitative estimate of drug-likeness (QED) is 0.165. The van der Waals surface area contributed by atoms with Crippen LogP contribution in [-0.4, -0.2) is 19.5 Å². The highest BCUT2D eigenvalue weighted by molar-refractivity contribution is 6.10. The van der Waals surface area contributed by atoms with Crippen LogP contribution in [0, 0.1) is 0 Å². The number of para-hydroxylation sites is 2. The lowest BCUT2D eigenvalue weighted by atomic mass is 9.97. The van der Waals surface area contributed by atoms with E-state index in [2.05, 4.69) is 0 Å². The monoisotopic (exact) mass is 713 g/mol. The van der Waals surface area contributed by atoms with E-state index in [1.165, 1.54) is 6.07 Å². The summed E-state index contributed by atoms with van der Waals surface area (Å²) < 4.78 is 98.7. The van der Waals surface area contributed by atoms with Crippen LogP contribution in [0.5, 0.6) is 0 Å². The summed E-state index contributed by atoms with van der Waals surface area (Å²) in [4.78, 5) is 15.1. The second kappa shape index (κ2) is 13.8. The molecule has 0 aliphatic heterocycles. The van der Waals surface area contributed by atoms with Gasteiger partial charge in [0.1, 0.15) is 0 Å². The van der Waals surface area contributed by atoms with Crippen LogP contribution in [0.2, 0.25) is 0 Å². The number of hydrogen-bond donors (Lipinski definition) is 0. The van der Waals surface area contributed by atoms with Crippen molar-refractivity contribution in [2.75, 3.05) is 0 Å². The summed E-state index contributed by atoms with van der Waals surface area (Å²) in [5, 5.41) is -0.197. The molecule has 55 heavy (non-hydrogen) atoms. The Labute approximate surface area is 335 Å². The molecule has 4 nitrogen and oxygen atoms in total. The van der Waals surface area contributed by atoms with E-state index in [4.69, 9.17) is 27.3 Å². The van der Waals surface area contributed by atoms with Crippen molar-refractivity contribution in [3.63, 3.8) is 0 Å². The number of fused-ring (bicyclic) bond motifs is 3. The lowest BCUT2D eigenvalue weighted by Gasteiger charge is -2.13. The maximum atomic E-state index is 9.86. The molecule has 10 aromatic rings. The third-order valence-corrected chi connectivity index (χ3v) is 9.50. The molecule has 0 aliphatic rings. The van der Waals surface area contributed by atoms with E-state index in [1.54, 1.807) is 24.3 Å². The molecule has 2 heterocycles. The summed E-state index contributed by atoms with van der Waals surface area (Å²) in [6.07, 6.45) is 0. The van der Waals surface area contributed by atoms with Crippen molar-refractivity contribution >= 4 is 21.8 Å². The van der Waals surface area contributed by atoms with Crippen LogP contribution in [0.1, 0.15) is 15.1 Å². The van der Waals surface area contributed by atoms with Gasteiger partial charge < -0.3 is 4.57 Å². The molecule has 0 aliphatic carbocycles. The van der Waals surface area contributed by atoms with Gasteiger partial charge in [0.25, 0.3) is 0 Å². The fourth-order valence-corrected chi connectivity index (χ4v) is 6.87. The Morgan fingerprint density at radius 1 is 0.364 bits per heavy atom. The smallest absolute Gasteiger partial charge is 0.164 e. The van der Waals surface area contributed by atoms with Crippen LogP contribution in [0.15, 0.2) is 206 Å². The summed E-state index contributed by atoms with van der Waals surface area (Å²) >= 11 is 0. The average Bonchev–Trinajstić information content (AvgIpc) is 3.72. The van der Waals surface area contributed by atoms with E-state index >= 15 is 0 Å². The highest BCUT2D eigenvalue weighted by Crippen LogP contribution is 2.38. The van der Waals surface area contributed by atoms with Crippen LogP contribution < -0.4 is 0 Å². The Morgan fingerprint density at radius 3 is 1.67 bits per heavy atom.